The molecule has 7 heteroatoms. The highest BCUT2D eigenvalue weighted by atomic mass is 35.5. The van der Waals surface area contributed by atoms with E-state index in [2.05, 4.69) is 20.3 Å². The summed E-state index contributed by atoms with van der Waals surface area (Å²) in [6.45, 7) is 3.05. The highest BCUT2D eigenvalue weighted by Gasteiger charge is 2.12. The van der Waals surface area contributed by atoms with Gasteiger partial charge in [-0.2, -0.15) is 0 Å². The van der Waals surface area contributed by atoms with Gasteiger partial charge in [0, 0.05) is 42.5 Å². The SMILES string of the molecule is Cc1nccn1Cc1ccccc1C(=O)NCCc1nc2ccc(Cl)cc2[nH]1. The third-order valence-electron chi connectivity index (χ3n) is 4.67. The van der Waals surface area contributed by atoms with Crippen molar-refractivity contribution >= 4 is 28.5 Å². The van der Waals surface area contributed by atoms with Crippen molar-refractivity contribution in [2.45, 2.75) is 19.9 Å². The lowest BCUT2D eigenvalue weighted by Crippen LogP contribution is -2.27. The highest BCUT2D eigenvalue weighted by Crippen LogP contribution is 2.17. The van der Waals surface area contributed by atoms with Crippen LogP contribution in [-0.2, 0) is 13.0 Å². The number of nitrogens with zero attached hydrogens (tertiary/aromatic N) is 3. The fourth-order valence-electron chi connectivity index (χ4n) is 3.18. The highest BCUT2D eigenvalue weighted by molar-refractivity contribution is 6.31. The molecule has 0 fully saturated rings. The van der Waals surface area contributed by atoms with E-state index in [-0.39, 0.29) is 5.91 Å². The minimum Gasteiger partial charge on any atom is -0.352 e. The molecule has 0 bridgehead atoms. The van der Waals surface area contributed by atoms with Crippen molar-refractivity contribution in [1.29, 1.82) is 0 Å². The largest absolute Gasteiger partial charge is 0.352 e. The van der Waals surface area contributed by atoms with Crippen molar-refractivity contribution in [3.05, 3.63) is 82.7 Å². The van der Waals surface area contributed by atoms with Crippen LogP contribution in [0.3, 0.4) is 0 Å². The van der Waals surface area contributed by atoms with Gasteiger partial charge in [-0.3, -0.25) is 4.79 Å². The van der Waals surface area contributed by atoms with Gasteiger partial charge in [0.15, 0.2) is 0 Å². The molecule has 1 amide bonds. The molecule has 0 unspecified atom stereocenters. The number of aromatic nitrogens is 4. The van der Waals surface area contributed by atoms with Gasteiger partial charge in [0.1, 0.15) is 11.6 Å². The molecule has 2 N–H and O–H groups in total. The number of hydrogen-bond acceptors (Lipinski definition) is 3. The van der Waals surface area contributed by atoms with Crippen molar-refractivity contribution in [3.8, 4) is 0 Å². The van der Waals surface area contributed by atoms with Gasteiger partial charge >= 0.3 is 0 Å². The summed E-state index contributed by atoms with van der Waals surface area (Å²) in [7, 11) is 0. The maximum atomic E-state index is 12.7. The number of carbonyl (C=O) groups is 1. The number of H-pyrrole nitrogens is 1. The van der Waals surface area contributed by atoms with Crippen LogP contribution in [-0.4, -0.2) is 32.0 Å². The summed E-state index contributed by atoms with van der Waals surface area (Å²) in [4.78, 5) is 24.7. The summed E-state index contributed by atoms with van der Waals surface area (Å²) < 4.78 is 2.02. The van der Waals surface area contributed by atoms with Gasteiger partial charge < -0.3 is 14.9 Å². The number of imidazole rings is 2. The molecule has 0 spiro atoms. The second-order valence-electron chi connectivity index (χ2n) is 6.61. The van der Waals surface area contributed by atoms with Crippen LogP contribution in [0.4, 0.5) is 0 Å². The van der Waals surface area contributed by atoms with Crippen LogP contribution in [0.25, 0.3) is 11.0 Å². The Morgan fingerprint density at radius 1 is 1.25 bits per heavy atom. The van der Waals surface area contributed by atoms with Crippen molar-refractivity contribution in [2.24, 2.45) is 0 Å². The molecule has 0 aliphatic heterocycles. The number of benzene rings is 2. The number of aromatic amines is 1. The van der Waals surface area contributed by atoms with Gasteiger partial charge in [-0.05, 0) is 36.8 Å². The average molecular weight is 394 g/mol. The Kier molecular flexibility index (Phi) is 5.12. The molecular formula is C21H20ClN5O. The Hall–Kier alpha value is -3.12. The van der Waals surface area contributed by atoms with Crippen LogP contribution in [0, 0.1) is 6.92 Å². The van der Waals surface area contributed by atoms with E-state index in [1.54, 1.807) is 6.20 Å². The van der Waals surface area contributed by atoms with Gasteiger partial charge in [-0.1, -0.05) is 29.8 Å². The summed E-state index contributed by atoms with van der Waals surface area (Å²) in [6, 6.07) is 13.2. The second kappa shape index (κ2) is 7.86. The van der Waals surface area contributed by atoms with Gasteiger partial charge in [0.05, 0.1) is 11.0 Å². The lowest BCUT2D eigenvalue weighted by atomic mass is 10.1. The van der Waals surface area contributed by atoms with Crippen molar-refractivity contribution in [3.63, 3.8) is 0 Å². The normalized spacial score (nSPS) is 11.1. The maximum absolute atomic E-state index is 12.7. The number of hydrogen-bond donors (Lipinski definition) is 2. The quantitative estimate of drug-likeness (QED) is 0.524. The zero-order valence-corrected chi connectivity index (χ0v) is 16.2. The first kappa shape index (κ1) is 18.3. The topological polar surface area (TPSA) is 75.6 Å². The summed E-state index contributed by atoms with van der Waals surface area (Å²) in [6.07, 6.45) is 4.29. The number of halogens is 1. The molecule has 0 aliphatic rings. The minimum absolute atomic E-state index is 0.0903. The molecule has 6 nitrogen and oxygen atoms in total. The van der Waals surface area contributed by atoms with E-state index in [0.717, 1.165) is 28.2 Å². The van der Waals surface area contributed by atoms with E-state index < -0.39 is 0 Å². The van der Waals surface area contributed by atoms with Crippen LogP contribution < -0.4 is 5.32 Å². The standard InChI is InChI=1S/C21H20ClN5O/c1-14-23-10-11-27(14)13-15-4-2-3-5-17(15)21(28)24-9-8-20-25-18-7-6-16(22)12-19(18)26-20/h2-7,10-12H,8-9,13H2,1H3,(H,24,28)(H,25,26). The monoisotopic (exact) mass is 393 g/mol. The van der Waals surface area contributed by atoms with Gasteiger partial charge in [0.25, 0.3) is 5.91 Å². The molecule has 2 aromatic heterocycles. The van der Waals surface area contributed by atoms with Crippen LogP contribution >= 0.6 is 11.6 Å². The number of fused-ring (bicyclic) bond motifs is 1. The molecule has 0 saturated heterocycles. The third-order valence-corrected chi connectivity index (χ3v) is 4.90. The Balaban J connectivity index is 1.41. The first-order chi connectivity index (χ1) is 13.6. The Morgan fingerprint density at radius 2 is 2.11 bits per heavy atom. The van der Waals surface area contributed by atoms with E-state index >= 15 is 0 Å². The maximum Gasteiger partial charge on any atom is 0.251 e. The smallest absolute Gasteiger partial charge is 0.251 e. The Labute approximate surface area is 167 Å². The third kappa shape index (κ3) is 3.92. The molecule has 0 aliphatic carbocycles. The van der Waals surface area contributed by atoms with Gasteiger partial charge in [-0.25, -0.2) is 9.97 Å². The molecule has 4 rings (SSSR count). The van der Waals surface area contributed by atoms with E-state index in [4.69, 9.17) is 11.6 Å². The molecule has 4 aromatic rings. The number of aryl methyl sites for hydroxylation is 1. The van der Waals surface area contributed by atoms with E-state index in [1.165, 1.54) is 0 Å². The van der Waals surface area contributed by atoms with Crippen LogP contribution in [0.1, 0.15) is 27.6 Å². The van der Waals surface area contributed by atoms with Crippen LogP contribution in [0.2, 0.25) is 5.02 Å². The molecule has 142 valence electrons. The predicted molar refractivity (Wildman–Crippen MR) is 110 cm³/mol. The Bertz CT molecular complexity index is 1130. The molecule has 2 heterocycles. The van der Waals surface area contributed by atoms with E-state index in [0.29, 0.717) is 30.1 Å². The second-order valence-corrected chi connectivity index (χ2v) is 7.05. The number of rotatable bonds is 6. The molecular weight excluding hydrogens is 374 g/mol. The fourth-order valence-corrected chi connectivity index (χ4v) is 3.35. The lowest BCUT2D eigenvalue weighted by Gasteiger charge is -2.11. The first-order valence-electron chi connectivity index (χ1n) is 9.08. The Morgan fingerprint density at radius 3 is 2.93 bits per heavy atom. The summed E-state index contributed by atoms with van der Waals surface area (Å²) in [5, 5.41) is 3.66. The molecule has 28 heavy (non-hydrogen) atoms. The zero-order valence-electron chi connectivity index (χ0n) is 15.4. The van der Waals surface area contributed by atoms with Gasteiger partial charge in [0.2, 0.25) is 0 Å². The number of nitrogens with one attached hydrogen (secondary N) is 2. The fraction of sp³-hybridized carbons (Fsp3) is 0.190. The predicted octanol–water partition coefficient (Wildman–Crippen LogP) is 3.74. The summed E-state index contributed by atoms with van der Waals surface area (Å²) in [5.41, 5.74) is 3.40. The van der Waals surface area contributed by atoms with Crippen LogP contribution in [0.5, 0.6) is 0 Å². The van der Waals surface area contributed by atoms with Crippen molar-refractivity contribution < 1.29 is 4.79 Å². The summed E-state index contributed by atoms with van der Waals surface area (Å²) in [5.74, 6) is 1.65. The molecule has 2 aromatic carbocycles. The van der Waals surface area contributed by atoms with Crippen LogP contribution in [0.15, 0.2) is 54.9 Å². The lowest BCUT2D eigenvalue weighted by molar-refractivity contribution is 0.0953. The molecule has 0 atom stereocenters. The zero-order chi connectivity index (χ0) is 19.5. The van der Waals surface area contributed by atoms with Crippen molar-refractivity contribution in [1.82, 2.24) is 24.8 Å². The van der Waals surface area contributed by atoms with Crippen molar-refractivity contribution in [2.75, 3.05) is 6.54 Å². The molecule has 0 radical (unpaired) electrons. The van der Waals surface area contributed by atoms with Gasteiger partial charge in [-0.15, -0.1) is 0 Å². The minimum atomic E-state index is -0.0903. The molecule has 0 saturated carbocycles. The number of amides is 1. The van der Waals surface area contributed by atoms with E-state index in [9.17, 15) is 4.79 Å². The summed E-state index contributed by atoms with van der Waals surface area (Å²) >= 11 is 6.01. The van der Waals surface area contributed by atoms with E-state index in [1.807, 2.05) is 60.2 Å². The average Bonchev–Trinajstić information content (AvgIpc) is 3.27. The number of carbonyl (C=O) groups excluding carboxylic acids is 1. The first-order valence-corrected chi connectivity index (χ1v) is 9.46.